The maximum atomic E-state index is 13.5. The number of carbonyl (C=O) groups is 2. The molecule has 1 aromatic heterocycles. The maximum Gasteiger partial charge on any atom is 0.416 e. The minimum atomic E-state index is -4.64. The lowest BCUT2D eigenvalue weighted by Crippen LogP contribution is -2.42. The van der Waals surface area contributed by atoms with Gasteiger partial charge in [0.05, 0.1) is 11.3 Å². The number of urea groups is 1. The van der Waals surface area contributed by atoms with E-state index in [0.717, 1.165) is 24.4 Å². The number of alkyl halides is 3. The van der Waals surface area contributed by atoms with Gasteiger partial charge in [-0.05, 0) is 36.8 Å². The van der Waals surface area contributed by atoms with Gasteiger partial charge in [0.25, 0.3) is 0 Å². The third-order valence-electron chi connectivity index (χ3n) is 3.42. The number of hydrogen-bond donors (Lipinski definition) is 2. The van der Waals surface area contributed by atoms with E-state index in [1.807, 2.05) is 5.32 Å². The number of carbonyl (C=O) groups excluding carboxylic acids is 2. The average molecular weight is 369 g/mol. The predicted octanol–water partition coefficient (Wildman–Crippen LogP) is 3.22. The van der Waals surface area contributed by atoms with Crippen molar-refractivity contribution in [3.05, 3.63) is 65.2 Å². The third kappa shape index (κ3) is 4.78. The highest BCUT2D eigenvalue weighted by Gasteiger charge is 2.33. The van der Waals surface area contributed by atoms with Crippen molar-refractivity contribution in [2.45, 2.75) is 19.0 Å². The molecule has 3 amide bonds. The van der Waals surface area contributed by atoms with E-state index in [1.54, 1.807) is 6.92 Å². The standard InChI is InChI=1S/C17H15F4N3O2/c1-2-22-16(26)24-15(25)14(10-4-3-5-12(18)8-10)13-9-11(6-7-23-13)17(19,20)21/h3-9,14H,2H2,1H3,(H2,22,24,25,26). The molecule has 2 rings (SSSR count). The number of pyridine rings is 1. The Balaban J connectivity index is 2.47. The van der Waals surface area contributed by atoms with Crippen molar-refractivity contribution >= 4 is 11.9 Å². The topological polar surface area (TPSA) is 71.1 Å². The van der Waals surface area contributed by atoms with E-state index in [0.29, 0.717) is 6.07 Å². The number of hydrogen-bond acceptors (Lipinski definition) is 3. The van der Waals surface area contributed by atoms with Crippen LogP contribution in [0.5, 0.6) is 0 Å². The van der Waals surface area contributed by atoms with E-state index in [4.69, 9.17) is 0 Å². The molecule has 9 heteroatoms. The first-order chi connectivity index (χ1) is 12.2. The smallest absolute Gasteiger partial charge is 0.338 e. The summed E-state index contributed by atoms with van der Waals surface area (Å²) in [6, 6.07) is 5.45. The van der Waals surface area contributed by atoms with Gasteiger partial charge >= 0.3 is 12.2 Å². The molecule has 0 fully saturated rings. The van der Waals surface area contributed by atoms with E-state index in [-0.39, 0.29) is 17.8 Å². The molecule has 1 unspecified atom stereocenters. The van der Waals surface area contributed by atoms with Gasteiger partial charge in [0.2, 0.25) is 5.91 Å². The van der Waals surface area contributed by atoms with Gasteiger partial charge in [0, 0.05) is 12.7 Å². The molecule has 2 N–H and O–H groups in total. The van der Waals surface area contributed by atoms with E-state index >= 15 is 0 Å². The molecule has 1 aromatic carbocycles. The summed E-state index contributed by atoms with van der Waals surface area (Å²) in [6.07, 6.45) is -3.73. The van der Waals surface area contributed by atoms with Gasteiger partial charge < -0.3 is 5.32 Å². The average Bonchev–Trinajstić information content (AvgIpc) is 2.55. The van der Waals surface area contributed by atoms with Crippen LogP contribution in [0.25, 0.3) is 0 Å². The Bertz CT molecular complexity index is 809. The lowest BCUT2D eigenvalue weighted by molar-refractivity contribution is -0.137. The first-order valence-electron chi connectivity index (χ1n) is 7.59. The molecule has 2 aromatic rings. The minimum Gasteiger partial charge on any atom is -0.338 e. The van der Waals surface area contributed by atoms with Crippen molar-refractivity contribution in [2.24, 2.45) is 0 Å². The maximum absolute atomic E-state index is 13.5. The van der Waals surface area contributed by atoms with Crippen LogP contribution in [-0.4, -0.2) is 23.5 Å². The molecule has 0 saturated carbocycles. The zero-order chi connectivity index (χ0) is 19.3. The molecule has 1 atom stereocenters. The Labute approximate surface area is 146 Å². The van der Waals surface area contributed by atoms with Crippen molar-refractivity contribution in [3.63, 3.8) is 0 Å². The van der Waals surface area contributed by atoms with Gasteiger partial charge in [-0.25, -0.2) is 9.18 Å². The predicted molar refractivity (Wildman–Crippen MR) is 84.7 cm³/mol. The van der Waals surface area contributed by atoms with Gasteiger partial charge in [-0.3, -0.25) is 15.1 Å². The molecule has 1 heterocycles. The molecule has 0 saturated heterocycles. The zero-order valence-electron chi connectivity index (χ0n) is 13.6. The number of amides is 3. The lowest BCUT2D eigenvalue weighted by atomic mass is 9.93. The van der Waals surface area contributed by atoms with Gasteiger partial charge in [-0.1, -0.05) is 12.1 Å². The van der Waals surface area contributed by atoms with Gasteiger partial charge in [0.15, 0.2) is 0 Å². The van der Waals surface area contributed by atoms with E-state index < -0.39 is 35.4 Å². The SMILES string of the molecule is CCNC(=O)NC(=O)C(c1cccc(F)c1)c1cc(C(F)(F)F)ccn1. The lowest BCUT2D eigenvalue weighted by Gasteiger charge is -2.18. The molecule has 0 bridgehead atoms. The van der Waals surface area contributed by atoms with Crippen LogP contribution in [0.3, 0.4) is 0 Å². The van der Waals surface area contributed by atoms with Gasteiger partial charge in [-0.15, -0.1) is 0 Å². The van der Waals surface area contributed by atoms with Crippen LogP contribution in [0.15, 0.2) is 42.6 Å². The molecular weight excluding hydrogens is 354 g/mol. The number of nitrogens with one attached hydrogen (secondary N) is 2. The summed E-state index contributed by atoms with van der Waals surface area (Å²) in [6.45, 7) is 1.87. The second kappa shape index (κ2) is 7.94. The first-order valence-corrected chi connectivity index (χ1v) is 7.59. The number of aromatic nitrogens is 1. The van der Waals surface area contributed by atoms with Crippen molar-refractivity contribution in [1.29, 1.82) is 0 Å². The van der Waals surface area contributed by atoms with Crippen LogP contribution >= 0.6 is 0 Å². The molecule has 0 aliphatic heterocycles. The van der Waals surface area contributed by atoms with Crippen molar-refractivity contribution in [1.82, 2.24) is 15.6 Å². The van der Waals surface area contributed by atoms with Gasteiger partial charge in [0.1, 0.15) is 11.7 Å². The third-order valence-corrected chi connectivity index (χ3v) is 3.42. The Morgan fingerprint density at radius 3 is 2.54 bits per heavy atom. The summed E-state index contributed by atoms with van der Waals surface area (Å²) >= 11 is 0. The second-order valence-electron chi connectivity index (χ2n) is 5.30. The largest absolute Gasteiger partial charge is 0.416 e. The summed E-state index contributed by atoms with van der Waals surface area (Å²) in [7, 11) is 0. The number of halogens is 4. The molecule has 0 aliphatic rings. The van der Waals surface area contributed by atoms with Crippen molar-refractivity contribution < 1.29 is 27.2 Å². The summed E-state index contributed by atoms with van der Waals surface area (Å²) < 4.78 is 52.4. The van der Waals surface area contributed by atoms with Crippen molar-refractivity contribution in [3.8, 4) is 0 Å². The first kappa shape index (κ1) is 19.4. The van der Waals surface area contributed by atoms with Crippen LogP contribution in [0, 0.1) is 5.82 Å². The Morgan fingerprint density at radius 2 is 1.92 bits per heavy atom. The number of nitrogens with zero attached hydrogens (tertiary/aromatic N) is 1. The van der Waals surface area contributed by atoms with Gasteiger partial charge in [-0.2, -0.15) is 13.2 Å². The molecule has 0 radical (unpaired) electrons. The monoisotopic (exact) mass is 369 g/mol. The number of imide groups is 1. The summed E-state index contributed by atoms with van der Waals surface area (Å²) in [4.78, 5) is 27.9. The number of rotatable bonds is 4. The normalized spacial score (nSPS) is 12.3. The Hall–Kier alpha value is -2.97. The van der Waals surface area contributed by atoms with Crippen LogP contribution in [0.2, 0.25) is 0 Å². The highest BCUT2D eigenvalue weighted by atomic mass is 19.4. The number of benzene rings is 1. The molecule has 138 valence electrons. The Morgan fingerprint density at radius 1 is 1.19 bits per heavy atom. The summed E-state index contributed by atoms with van der Waals surface area (Å²) in [5.74, 6) is -2.99. The fraction of sp³-hybridized carbons (Fsp3) is 0.235. The van der Waals surface area contributed by atoms with Crippen LogP contribution in [0.4, 0.5) is 22.4 Å². The molecule has 0 aliphatic carbocycles. The fourth-order valence-electron chi connectivity index (χ4n) is 2.31. The second-order valence-corrected chi connectivity index (χ2v) is 5.30. The van der Waals surface area contributed by atoms with E-state index in [1.165, 1.54) is 12.1 Å². The fourth-order valence-corrected chi connectivity index (χ4v) is 2.31. The highest BCUT2D eigenvalue weighted by molar-refractivity contribution is 5.99. The Kier molecular flexibility index (Phi) is 5.91. The van der Waals surface area contributed by atoms with Crippen molar-refractivity contribution in [2.75, 3.05) is 6.54 Å². The van der Waals surface area contributed by atoms with Crippen LogP contribution in [0.1, 0.15) is 29.7 Å². The van der Waals surface area contributed by atoms with Crippen LogP contribution in [-0.2, 0) is 11.0 Å². The molecular formula is C17H15F4N3O2. The molecule has 26 heavy (non-hydrogen) atoms. The zero-order valence-corrected chi connectivity index (χ0v) is 13.6. The van der Waals surface area contributed by atoms with E-state index in [2.05, 4.69) is 10.3 Å². The summed E-state index contributed by atoms with van der Waals surface area (Å²) in [5.41, 5.74) is -1.19. The molecule has 5 nitrogen and oxygen atoms in total. The quantitative estimate of drug-likeness (QED) is 0.813. The minimum absolute atomic E-state index is 0.0682. The van der Waals surface area contributed by atoms with E-state index in [9.17, 15) is 27.2 Å². The molecule has 0 spiro atoms. The summed E-state index contributed by atoms with van der Waals surface area (Å²) in [5, 5.41) is 4.36. The highest BCUT2D eigenvalue weighted by Crippen LogP contribution is 2.32. The van der Waals surface area contributed by atoms with Crippen LogP contribution < -0.4 is 10.6 Å².